The van der Waals surface area contributed by atoms with Crippen LogP contribution in [0.2, 0.25) is 0 Å². The zero-order chi connectivity index (χ0) is 6.73. The molecule has 0 rings (SSSR count). The normalized spacial score (nSPS) is 17.5. The van der Waals surface area contributed by atoms with Gasteiger partial charge >= 0.3 is 0 Å². The number of Topliss-reactive ketones (excluding diaryl/α,β-unsaturated/α-hetero) is 1. The zero-order valence-corrected chi connectivity index (χ0v) is 5.09. The van der Waals surface area contributed by atoms with Gasteiger partial charge in [-0.1, -0.05) is 0 Å². The molecule has 0 amide bonds. The number of rotatable bonds is 2. The second kappa shape index (κ2) is 2.79. The van der Waals surface area contributed by atoms with Crippen molar-refractivity contribution in [3.8, 4) is 0 Å². The first-order valence-electron chi connectivity index (χ1n) is 2.50. The lowest BCUT2D eigenvalue weighted by Gasteiger charge is -2.08. The highest BCUT2D eigenvalue weighted by atomic mass is 16.3. The fourth-order valence-corrected chi connectivity index (χ4v) is 0.370. The van der Waals surface area contributed by atoms with Crippen LogP contribution in [0.1, 0.15) is 13.8 Å². The summed E-state index contributed by atoms with van der Waals surface area (Å²) in [5.41, 5.74) is 5.17. The topological polar surface area (TPSA) is 63.3 Å². The molecular formula is C5H11NO2. The van der Waals surface area contributed by atoms with Gasteiger partial charge in [0.05, 0.1) is 0 Å². The van der Waals surface area contributed by atoms with Crippen molar-refractivity contribution >= 4 is 5.78 Å². The molecule has 1 unspecified atom stereocenters. The molecule has 0 heterocycles. The first-order valence-corrected chi connectivity index (χ1v) is 2.50. The minimum Gasteiger partial charge on any atom is -0.384 e. The summed E-state index contributed by atoms with van der Waals surface area (Å²) in [4.78, 5) is 10.3. The summed E-state index contributed by atoms with van der Waals surface area (Å²) in [5, 5.41) is 8.73. The third-order valence-electron chi connectivity index (χ3n) is 0.915. The minimum atomic E-state index is -0.991. The maximum Gasteiger partial charge on any atom is 0.159 e. The molecule has 48 valence electrons. The van der Waals surface area contributed by atoms with Crippen molar-refractivity contribution in [2.24, 2.45) is 5.73 Å². The summed E-state index contributed by atoms with van der Waals surface area (Å²) in [6.07, 6.45) is -0.991. The molecule has 2 atom stereocenters. The lowest BCUT2D eigenvalue weighted by atomic mass is 10.1. The van der Waals surface area contributed by atoms with Crippen LogP contribution in [-0.2, 0) is 4.79 Å². The maximum atomic E-state index is 10.3. The van der Waals surface area contributed by atoms with E-state index in [2.05, 4.69) is 0 Å². The van der Waals surface area contributed by atoms with E-state index in [1.807, 2.05) is 0 Å². The van der Waals surface area contributed by atoms with Crippen LogP contribution in [0.15, 0.2) is 0 Å². The molecule has 0 fully saturated rings. The summed E-state index contributed by atoms with van der Waals surface area (Å²) in [6, 6.07) is -0.451. The number of aliphatic hydroxyl groups is 1. The molecular weight excluding hydrogens is 106 g/mol. The number of nitrogens with two attached hydrogens (primary N) is 1. The Labute approximate surface area is 48.5 Å². The van der Waals surface area contributed by atoms with Gasteiger partial charge < -0.3 is 10.8 Å². The largest absolute Gasteiger partial charge is 0.384 e. The second-order valence-electron chi connectivity index (χ2n) is 1.91. The third kappa shape index (κ3) is 2.04. The first kappa shape index (κ1) is 7.59. The molecule has 3 heteroatoms. The Morgan fingerprint density at radius 2 is 2.12 bits per heavy atom. The molecule has 0 saturated heterocycles. The summed E-state index contributed by atoms with van der Waals surface area (Å²) in [6.45, 7) is 2.90. The summed E-state index contributed by atoms with van der Waals surface area (Å²) < 4.78 is 0. The Morgan fingerprint density at radius 1 is 1.75 bits per heavy atom. The molecule has 0 aromatic rings. The lowest BCUT2D eigenvalue weighted by molar-refractivity contribution is -0.125. The zero-order valence-electron chi connectivity index (χ0n) is 5.09. The van der Waals surface area contributed by atoms with Gasteiger partial charge in [-0.25, -0.2) is 0 Å². The van der Waals surface area contributed by atoms with Gasteiger partial charge in [-0.15, -0.1) is 0 Å². The Morgan fingerprint density at radius 3 is 2.12 bits per heavy atom. The third-order valence-corrected chi connectivity index (χ3v) is 0.915. The molecule has 0 aromatic heterocycles. The maximum absolute atomic E-state index is 10.3. The smallest absolute Gasteiger partial charge is 0.159 e. The number of carbonyl (C=O) groups excluding carboxylic acids is 1. The summed E-state index contributed by atoms with van der Waals surface area (Å²) >= 11 is 0. The lowest BCUT2D eigenvalue weighted by Crippen LogP contribution is -2.36. The fraction of sp³-hybridized carbons (Fsp3) is 0.800. The average molecular weight is 117 g/mol. The van der Waals surface area contributed by atoms with Crippen molar-refractivity contribution in [2.75, 3.05) is 0 Å². The number of hydrogen-bond donors (Lipinski definition) is 2. The van der Waals surface area contributed by atoms with Crippen LogP contribution in [-0.4, -0.2) is 23.0 Å². The monoisotopic (exact) mass is 117 g/mol. The number of ketones is 1. The van der Waals surface area contributed by atoms with Crippen LogP contribution >= 0.6 is 0 Å². The molecule has 0 saturated carbocycles. The van der Waals surface area contributed by atoms with Gasteiger partial charge in [0.2, 0.25) is 0 Å². The van der Waals surface area contributed by atoms with Crippen molar-refractivity contribution < 1.29 is 9.90 Å². The van der Waals surface area contributed by atoms with Crippen LogP contribution in [0, 0.1) is 0 Å². The van der Waals surface area contributed by atoms with Crippen LogP contribution in [0.4, 0.5) is 0 Å². The van der Waals surface area contributed by atoms with Gasteiger partial charge in [0.1, 0.15) is 6.10 Å². The standard InChI is InChI=1S/C5H11NO2/c1-3(6)5(8)4(2)7/h3,5,8H,6H2,1-2H3/t3?,5-/m0/s1. The summed E-state index contributed by atoms with van der Waals surface area (Å²) in [5.74, 6) is -0.278. The van der Waals surface area contributed by atoms with E-state index in [1.165, 1.54) is 6.92 Å². The molecule has 0 bridgehead atoms. The van der Waals surface area contributed by atoms with E-state index in [4.69, 9.17) is 10.8 Å². The molecule has 8 heavy (non-hydrogen) atoms. The van der Waals surface area contributed by atoms with E-state index >= 15 is 0 Å². The van der Waals surface area contributed by atoms with Gasteiger partial charge in [-0.3, -0.25) is 4.79 Å². The van der Waals surface area contributed by atoms with E-state index in [9.17, 15) is 4.79 Å². The average Bonchev–Trinajstić information content (AvgIpc) is 1.64. The van der Waals surface area contributed by atoms with Crippen molar-refractivity contribution in [2.45, 2.75) is 26.0 Å². The van der Waals surface area contributed by atoms with E-state index in [0.717, 1.165) is 0 Å². The van der Waals surface area contributed by atoms with E-state index in [-0.39, 0.29) is 5.78 Å². The van der Waals surface area contributed by atoms with Crippen molar-refractivity contribution in [1.82, 2.24) is 0 Å². The van der Waals surface area contributed by atoms with Crippen LogP contribution in [0.5, 0.6) is 0 Å². The first-order chi connectivity index (χ1) is 3.55. The van der Waals surface area contributed by atoms with E-state index < -0.39 is 12.1 Å². The van der Waals surface area contributed by atoms with Crippen molar-refractivity contribution in [3.05, 3.63) is 0 Å². The Balaban J connectivity index is 3.64. The van der Waals surface area contributed by atoms with Gasteiger partial charge in [0, 0.05) is 6.04 Å². The van der Waals surface area contributed by atoms with Crippen LogP contribution in [0.25, 0.3) is 0 Å². The molecule has 0 aliphatic carbocycles. The number of carbonyl (C=O) groups is 1. The SMILES string of the molecule is CC(=O)[C@@H](O)C(C)N. The Kier molecular flexibility index (Phi) is 2.65. The van der Waals surface area contributed by atoms with Gasteiger partial charge in [0.25, 0.3) is 0 Å². The quantitative estimate of drug-likeness (QED) is 0.502. The highest BCUT2D eigenvalue weighted by molar-refractivity contribution is 5.80. The second-order valence-corrected chi connectivity index (χ2v) is 1.91. The molecule has 0 aliphatic rings. The number of aliphatic hydroxyl groups excluding tert-OH is 1. The summed E-state index contributed by atoms with van der Waals surface area (Å²) in [7, 11) is 0. The van der Waals surface area contributed by atoms with Gasteiger partial charge in [-0.05, 0) is 13.8 Å². The van der Waals surface area contributed by atoms with Crippen LogP contribution in [0.3, 0.4) is 0 Å². The predicted octanol–water partition coefficient (Wildman–Crippen LogP) is -0.716. The minimum absolute atomic E-state index is 0.278. The number of hydrogen-bond acceptors (Lipinski definition) is 3. The highest BCUT2D eigenvalue weighted by Gasteiger charge is 2.13. The molecule has 3 nitrogen and oxygen atoms in total. The molecule has 0 radical (unpaired) electrons. The Hall–Kier alpha value is -0.410. The van der Waals surface area contributed by atoms with Gasteiger partial charge in [0.15, 0.2) is 5.78 Å². The molecule has 0 spiro atoms. The van der Waals surface area contributed by atoms with Gasteiger partial charge in [-0.2, -0.15) is 0 Å². The van der Waals surface area contributed by atoms with Crippen molar-refractivity contribution in [3.63, 3.8) is 0 Å². The van der Waals surface area contributed by atoms with E-state index in [1.54, 1.807) is 6.92 Å². The van der Waals surface area contributed by atoms with Crippen LogP contribution < -0.4 is 5.73 Å². The van der Waals surface area contributed by atoms with E-state index in [0.29, 0.717) is 0 Å². The highest BCUT2D eigenvalue weighted by Crippen LogP contribution is 1.88. The van der Waals surface area contributed by atoms with Crippen molar-refractivity contribution in [1.29, 1.82) is 0 Å². The molecule has 0 aromatic carbocycles. The molecule has 0 aliphatic heterocycles. The fourth-order valence-electron chi connectivity index (χ4n) is 0.370. The Bertz CT molecular complexity index is 90.4. The predicted molar refractivity (Wildman–Crippen MR) is 30.3 cm³/mol. The molecule has 3 N–H and O–H groups in total.